The van der Waals surface area contributed by atoms with E-state index in [1.807, 2.05) is 12.1 Å². The van der Waals surface area contributed by atoms with Crippen molar-refractivity contribution in [3.05, 3.63) is 24.0 Å². The average molecular weight is 236 g/mol. The Balaban J connectivity index is 1.97. The van der Waals surface area contributed by atoms with E-state index in [4.69, 9.17) is 0 Å². The maximum Gasteiger partial charge on any atom is 0.157 e. The molecule has 1 saturated heterocycles. The van der Waals surface area contributed by atoms with Gasteiger partial charge >= 0.3 is 0 Å². The monoisotopic (exact) mass is 236 g/mol. The van der Waals surface area contributed by atoms with Gasteiger partial charge in [0.2, 0.25) is 0 Å². The van der Waals surface area contributed by atoms with E-state index < -0.39 is 0 Å². The van der Waals surface area contributed by atoms with Crippen molar-refractivity contribution in [3.8, 4) is 0 Å². The Morgan fingerprint density at radius 3 is 3.12 bits per heavy atom. The van der Waals surface area contributed by atoms with Crippen molar-refractivity contribution >= 4 is 16.9 Å². The molecule has 0 atom stereocenters. The van der Waals surface area contributed by atoms with Crippen molar-refractivity contribution in [1.29, 1.82) is 0 Å². The van der Waals surface area contributed by atoms with E-state index >= 15 is 0 Å². The van der Waals surface area contributed by atoms with Crippen LogP contribution in [0, 0.1) is 0 Å². The number of hydrogen-bond donors (Lipinski definition) is 1. The molecule has 0 amide bonds. The number of aliphatic imine (C=N–C) groups is 1. The minimum atomic E-state index is 0.159. The molecule has 0 aromatic carbocycles. The molecule has 0 spiro atoms. The quantitative estimate of drug-likeness (QED) is 0.851. The van der Waals surface area contributed by atoms with Crippen LogP contribution in [-0.2, 0) is 6.54 Å². The fraction of sp³-hybridized carbons (Fsp3) is 0.545. The number of aromatic nitrogens is 2. The number of amidine groups is 1. The highest BCUT2D eigenvalue weighted by atomic mass is 32.2. The van der Waals surface area contributed by atoms with Crippen molar-refractivity contribution in [2.24, 2.45) is 4.99 Å². The summed E-state index contributed by atoms with van der Waals surface area (Å²) in [4.78, 5) is 4.52. The number of nitrogens with one attached hydrogen (secondary N) is 1. The summed E-state index contributed by atoms with van der Waals surface area (Å²) in [6.07, 6.45) is 2.84. The summed E-state index contributed by atoms with van der Waals surface area (Å²) in [5.74, 6) is 1.12. The number of thioether (sulfide) groups is 1. The molecule has 2 heterocycles. The topological polar surface area (TPSA) is 50.2 Å². The molecule has 2 rings (SSSR count). The minimum Gasteiger partial charge on any atom is -0.360 e. The highest BCUT2D eigenvalue weighted by Crippen LogP contribution is 2.21. The van der Waals surface area contributed by atoms with Crippen LogP contribution < -0.4 is 5.32 Å². The molecule has 16 heavy (non-hydrogen) atoms. The largest absolute Gasteiger partial charge is 0.360 e. The van der Waals surface area contributed by atoms with Crippen molar-refractivity contribution < 1.29 is 0 Å². The van der Waals surface area contributed by atoms with Gasteiger partial charge in [0.1, 0.15) is 0 Å². The molecule has 0 bridgehead atoms. The van der Waals surface area contributed by atoms with Crippen LogP contribution in [0.5, 0.6) is 0 Å². The molecule has 1 aliphatic heterocycles. The van der Waals surface area contributed by atoms with Gasteiger partial charge in [0.25, 0.3) is 0 Å². The van der Waals surface area contributed by atoms with E-state index in [1.165, 1.54) is 6.42 Å². The lowest BCUT2D eigenvalue weighted by Crippen LogP contribution is -2.46. The van der Waals surface area contributed by atoms with E-state index in [9.17, 15) is 0 Å². The van der Waals surface area contributed by atoms with Gasteiger partial charge in [-0.05, 0) is 32.4 Å². The van der Waals surface area contributed by atoms with Crippen molar-refractivity contribution in [3.63, 3.8) is 0 Å². The molecule has 0 unspecified atom stereocenters. The molecule has 0 saturated carbocycles. The first-order valence-corrected chi connectivity index (χ1v) is 6.36. The van der Waals surface area contributed by atoms with Gasteiger partial charge in [0, 0.05) is 17.5 Å². The van der Waals surface area contributed by atoms with Gasteiger partial charge in [0.15, 0.2) is 5.17 Å². The third kappa shape index (κ3) is 3.20. The summed E-state index contributed by atoms with van der Waals surface area (Å²) in [7, 11) is 0. The Labute approximate surface area is 100.0 Å². The van der Waals surface area contributed by atoms with Gasteiger partial charge in [-0.3, -0.25) is 4.99 Å². The maximum absolute atomic E-state index is 4.52. The van der Waals surface area contributed by atoms with Crippen molar-refractivity contribution in [2.75, 3.05) is 5.75 Å². The second-order valence-electron chi connectivity index (χ2n) is 4.44. The molecule has 4 nitrogen and oxygen atoms in total. The van der Waals surface area contributed by atoms with E-state index in [0.717, 1.165) is 16.6 Å². The molecule has 0 radical (unpaired) electrons. The fourth-order valence-corrected chi connectivity index (χ4v) is 2.76. The van der Waals surface area contributed by atoms with Crippen LogP contribution in [0.3, 0.4) is 0 Å². The fourth-order valence-electron chi connectivity index (χ4n) is 1.45. The molecular weight excluding hydrogens is 220 g/mol. The van der Waals surface area contributed by atoms with E-state index in [0.29, 0.717) is 6.54 Å². The molecule has 5 heteroatoms. The summed E-state index contributed by atoms with van der Waals surface area (Å²) in [6.45, 7) is 4.99. The summed E-state index contributed by atoms with van der Waals surface area (Å²) in [6, 6.07) is 3.82. The zero-order valence-corrected chi connectivity index (χ0v) is 10.4. The summed E-state index contributed by atoms with van der Waals surface area (Å²) >= 11 is 1.78. The molecule has 1 aromatic rings. The molecular formula is C11H16N4S. The highest BCUT2D eigenvalue weighted by molar-refractivity contribution is 8.13. The zero-order chi connectivity index (χ0) is 11.4. The summed E-state index contributed by atoms with van der Waals surface area (Å²) in [5, 5.41) is 12.3. The van der Waals surface area contributed by atoms with Gasteiger partial charge in [-0.2, -0.15) is 10.2 Å². The summed E-state index contributed by atoms with van der Waals surface area (Å²) < 4.78 is 0. The highest BCUT2D eigenvalue weighted by Gasteiger charge is 2.23. The normalized spacial score (nSPS) is 21.8. The van der Waals surface area contributed by atoms with Crippen LogP contribution in [0.1, 0.15) is 26.0 Å². The maximum atomic E-state index is 4.52. The van der Waals surface area contributed by atoms with E-state index in [1.54, 1.807) is 18.0 Å². The Hall–Kier alpha value is -1.10. The van der Waals surface area contributed by atoms with Gasteiger partial charge in [-0.25, -0.2) is 0 Å². The van der Waals surface area contributed by atoms with Gasteiger partial charge < -0.3 is 5.32 Å². The number of nitrogens with zero attached hydrogens (tertiary/aromatic N) is 3. The van der Waals surface area contributed by atoms with Gasteiger partial charge in [-0.1, -0.05) is 11.8 Å². The van der Waals surface area contributed by atoms with E-state index in [2.05, 4.69) is 34.4 Å². The molecule has 1 fully saturated rings. The smallest absolute Gasteiger partial charge is 0.157 e. The SMILES string of the molecule is CC1(C)CCSC(=NCc2cccnn2)N1. The van der Waals surface area contributed by atoms with Crippen LogP contribution in [0.25, 0.3) is 0 Å². The Morgan fingerprint density at radius 2 is 2.44 bits per heavy atom. The van der Waals surface area contributed by atoms with E-state index in [-0.39, 0.29) is 5.54 Å². The van der Waals surface area contributed by atoms with Crippen LogP contribution >= 0.6 is 11.8 Å². The lowest BCUT2D eigenvalue weighted by molar-refractivity contribution is 0.446. The molecule has 86 valence electrons. The second-order valence-corrected chi connectivity index (χ2v) is 5.53. The van der Waals surface area contributed by atoms with Crippen LogP contribution in [-0.4, -0.2) is 26.7 Å². The molecule has 1 N–H and O–H groups in total. The standard InChI is InChI=1S/C11H16N4S/c1-11(2)5-7-16-10(14-11)12-8-9-4-3-6-13-15-9/h3-4,6H,5,7-8H2,1-2H3,(H,12,14). The molecule has 1 aromatic heterocycles. The first kappa shape index (κ1) is 11.4. The first-order valence-electron chi connectivity index (χ1n) is 5.38. The predicted molar refractivity (Wildman–Crippen MR) is 67.5 cm³/mol. The number of rotatable bonds is 2. The summed E-state index contributed by atoms with van der Waals surface area (Å²) in [5.41, 5.74) is 1.06. The van der Waals surface area contributed by atoms with Crippen LogP contribution in [0.15, 0.2) is 23.3 Å². The molecule has 0 aliphatic carbocycles. The van der Waals surface area contributed by atoms with Gasteiger partial charge in [-0.15, -0.1) is 0 Å². The Kier molecular flexibility index (Phi) is 3.43. The Morgan fingerprint density at radius 1 is 1.56 bits per heavy atom. The molecule has 1 aliphatic rings. The average Bonchev–Trinajstić information content (AvgIpc) is 2.27. The lowest BCUT2D eigenvalue weighted by atomic mass is 10.0. The van der Waals surface area contributed by atoms with Gasteiger partial charge in [0.05, 0.1) is 12.2 Å². The van der Waals surface area contributed by atoms with Crippen LogP contribution in [0.4, 0.5) is 0 Å². The lowest BCUT2D eigenvalue weighted by Gasteiger charge is -2.32. The van der Waals surface area contributed by atoms with Crippen LogP contribution in [0.2, 0.25) is 0 Å². The third-order valence-electron chi connectivity index (χ3n) is 2.42. The number of hydrogen-bond acceptors (Lipinski definition) is 4. The van der Waals surface area contributed by atoms with Crippen molar-refractivity contribution in [1.82, 2.24) is 15.5 Å². The minimum absolute atomic E-state index is 0.159. The third-order valence-corrected chi connectivity index (χ3v) is 3.34. The predicted octanol–water partition coefficient (Wildman–Crippen LogP) is 1.84. The zero-order valence-electron chi connectivity index (χ0n) is 9.60. The first-order chi connectivity index (χ1) is 7.66. The van der Waals surface area contributed by atoms with Crippen molar-refractivity contribution in [2.45, 2.75) is 32.4 Å². The Bertz CT molecular complexity index is 375. The second kappa shape index (κ2) is 4.82.